The maximum absolute atomic E-state index is 12.6. The van der Waals surface area contributed by atoms with Gasteiger partial charge in [0.15, 0.2) is 0 Å². The van der Waals surface area contributed by atoms with E-state index in [0.717, 1.165) is 11.1 Å². The van der Waals surface area contributed by atoms with Crippen molar-refractivity contribution in [2.24, 2.45) is 5.92 Å². The van der Waals surface area contributed by atoms with Gasteiger partial charge in [0.2, 0.25) is 0 Å². The number of hydrogen-bond donors (Lipinski definition) is 0. The molecule has 1 aromatic rings. The van der Waals surface area contributed by atoms with Crippen LogP contribution in [0.5, 0.6) is 0 Å². The van der Waals surface area contributed by atoms with E-state index in [1.165, 1.54) is 12.1 Å². The van der Waals surface area contributed by atoms with Gasteiger partial charge in [0, 0.05) is 5.57 Å². The van der Waals surface area contributed by atoms with E-state index in [-0.39, 0.29) is 5.82 Å². The van der Waals surface area contributed by atoms with Crippen LogP contribution in [-0.4, -0.2) is 0 Å². The minimum absolute atomic E-state index is 0.212. The van der Waals surface area contributed by atoms with Crippen molar-refractivity contribution < 1.29 is 4.39 Å². The fourth-order valence-electron chi connectivity index (χ4n) is 1.27. The Morgan fingerprint density at radius 2 is 1.85 bits per heavy atom. The zero-order chi connectivity index (χ0) is 9.84. The average molecular weight is 176 g/mol. The second-order valence-corrected chi connectivity index (χ2v) is 3.25. The summed E-state index contributed by atoms with van der Waals surface area (Å²) in [6, 6.07) is 6.41. The molecule has 0 aliphatic carbocycles. The van der Waals surface area contributed by atoms with Crippen LogP contribution >= 0.6 is 0 Å². The van der Waals surface area contributed by atoms with Crippen LogP contribution in [0.25, 0.3) is 5.57 Å². The van der Waals surface area contributed by atoms with Crippen molar-refractivity contribution in [3.63, 3.8) is 0 Å². The molecule has 0 unspecified atom stereocenters. The van der Waals surface area contributed by atoms with E-state index in [1.807, 2.05) is 0 Å². The zero-order valence-electron chi connectivity index (χ0n) is 7.97. The van der Waals surface area contributed by atoms with Crippen LogP contribution < -0.4 is 0 Å². The third-order valence-electron chi connectivity index (χ3n) is 1.92. The first kappa shape index (κ1) is 9.76. The molecule has 0 aliphatic rings. The second-order valence-electron chi connectivity index (χ2n) is 3.25. The Morgan fingerprint density at radius 3 is 2.23 bits per heavy atom. The quantitative estimate of drug-likeness (QED) is 0.603. The molecule has 68 valence electrons. The summed E-state index contributed by atoms with van der Waals surface area (Å²) in [4.78, 5) is 0. The van der Waals surface area contributed by atoms with Gasteiger partial charge in [0.1, 0.15) is 5.82 Å². The van der Waals surface area contributed by atoms with Crippen LogP contribution in [0.2, 0.25) is 0 Å². The molecule has 0 bridgehead atoms. The summed E-state index contributed by atoms with van der Waals surface area (Å²) in [6.45, 7) is 7.76. The van der Waals surface area contributed by atoms with E-state index in [4.69, 9.17) is 0 Å². The van der Waals surface area contributed by atoms with Crippen molar-refractivity contribution in [3.05, 3.63) is 48.0 Å². The van der Waals surface area contributed by atoms with Crippen molar-refractivity contribution >= 4 is 5.57 Å². The highest BCUT2D eigenvalue weighted by molar-refractivity contribution is 5.65. The van der Waals surface area contributed by atoms with Crippen LogP contribution in [0.3, 0.4) is 0 Å². The molecule has 13 heavy (non-hydrogen) atoms. The van der Waals surface area contributed by atoms with Gasteiger partial charge in [0.05, 0.1) is 0 Å². The normalized spacial score (nSPS) is 9.85. The highest BCUT2D eigenvalue weighted by atomic mass is 19.1. The number of benzene rings is 1. The molecular formula is C12H13F. The first-order chi connectivity index (χ1) is 6.15. The lowest BCUT2D eigenvalue weighted by Crippen LogP contribution is -1.92. The third kappa shape index (κ3) is 2.30. The average Bonchev–Trinajstić information content (AvgIpc) is 2.09. The van der Waals surface area contributed by atoms with Gasteiger partial charge in [-0.05, 0) is 23.6 Å². The molecule has 0 saturated heterocycles. The van der Waals surface area contributed by atoms with Gasteiger partial charge in [-0.3, -0.25) is 0 Å². The van der Waals surface area contributed by atoms with E-state index in [0.29, 0.717) is 5.92 Å². The largest absolute Gasteiger partial charge is 0.207 e. The van der Waals surface area contributed by atoms with Gasteiger partial charge in [0.25, 0.3) is 0 Å². The Bertz CT molecular complexity index is 327. The van der Waals surface area contributed by atoms with Gasteiger partial charge in [-0.2, -0.15) is 0 Å². The van der Waals surface area contributed by atoms with E-state index in [2.05, 4.69) is 26.2 Å². The van der Waals surface area contributed by atoms with Gasteiger partial charge in [-0.15, -0.1) is 5.73 Å². The molecule has 0 spiro atoms. The summed E-state index contributed by atoms with van der Waals surface area (Å²) in [5, 5.41) is 0. The number of rotatable bonds is 2. The summed E-state index contributed by atoms with van der Waals surface area (Å²) in [7, 11) is 0. The molecule has 0 aromatic heterocycles. The molecule has 0 heterocycles. The van der Waals surface area contributed by atoms with Crippen LogP contribution in [0, 0.1) is 11.7 Å². The fourth-order valence-corrected chi connectivity index (χ4v) is 1.27. The van der Waals surface area contributed by atoms with Gasteiger partial charge in [-0.25, -0.2) is 4.39 Å². The molecule has 0 radical (unpaired) electrons. The van der Waals surface area contributed by atoms with Crippen LogP contribution in [0.4, 0.5) is 4.39 Å². The molecule has 1 rings (SSSR count). The molecule has 0 atom stereocenters. The van der Waals surface area contributed by atoms with Crippen LogP contribution in [-0.2, 0) is 0 Å². The number of halogens is 1. The van der Waals surface area contributed by atoms with Crippen LogP contribution in [0.15, 0.2) is 36.6 Å². The highest BCUT2D eigenvalue weighted by Gasteiger charge is 2.04. The van der Waals surface area contributed by atoms with Gasteiger partial charge in [-0.1, -0.05) is 32.6 Å². The standard InChI is InChI=1S/C12H13F/c1-4-12(9(2)3)10-5-7-11(13)8-6-10/h5-9H,1H2,2-3H3. The molecule has 0 fully saturated rings. The molecule has 0 saturated carbocycles. The molecule has 1 heteroatoms. The first-order valence-corrected chi connectivity index (χ1v) is 4.31. The molecule has 0 N–H and O–H groups in total. The molecule has 1 aromatic carbocycles. The number of allylic oxidation sites excluding steroid dienone is 1. The third-order valence-corrected chi connectivity index (χ3v) is 1.92. The second kappa shape index (κ2) is 4.06. The highest BCUT2D eigenvalue weighted by Crippen LogP contribution is 2.21. The van der Waals surface area contributed by atoms with Gasteiger partial charge < -0.3 is 0 Å². The number of hydrogen-bond acceptors (Lipinski definition) is 0. The summed E-state index contributed by atoms with van der Waals surface area (Å²) >= 11 is 0. The Morgan fingerprint density at radius 1 is 1.31 bits per heavy atom. The Hall–Kier alpha value is -1.33. The predicted molar refractivity (Wildman–Crippen MR) is 53.8 cm³/mol. The minimum Gasteiger partial charge on any atom is -0.207 e. The lowest BCUT2D eigenvalue weighted by atomic mass is 9.96. The first-order valence-electron chi connectivity index (χ1n) is 4.31. The van der Waals surface area contributed by atoms with Crippen molar-refractivity contribution in [3.8, 4) is 0 Å². The van der Waals surface area contributed by atoms with E-state index >= 15 is 0 Å². The Labute approximate surface area is 78.4 Å². The molecular weight excluding hydrogens is 163 g/mol. The molecule has 0 nitrogen and oxygen atoms in total. The maximum Gasteiger partial charge on any atom is 0.123 e. The Balaban J connectivity index is 3.08. The van der Waals surface area contributed by atoms with Gasteiger partial charge >= 0.3 is 0 Å². The van der Waals surface area contributed by atoms with Crippen molar-refractivity contribution in [2.75, 3.05) is 0 Å². The maximum atomic E-state index is 12.6. The summed E-state index contributed by atoms with van der Waals surface area (Å²) < 4.78 is 12.6. The van der Waals surface area contributed by atoms with Crippen molar-refractivity contribution in [1.82, 2.24) is 0 Å². The summed E-state index contributed by atoms with van der Waals surface area (Å²) in [5.74, 6) is 0.152. The van der Waals surface area contributed by atoms with Crippen LogP contribution in [0.1, 0.15) is 19.4 Å². The van der Waals surface area contributed by atoms with E-state index in [1.54, 1.807) is 12.1 Å². The minimum atomic E-state index is -0.212. The predicted octanol–water partition coefficient (Wildman–Crippen LogP) is 3.65. The topological polar surface area (TPSA) is 0 Å². The monoisotopic (exact) mass is 176 g/mol. The van der Waals surface area contributed by atoms with E-state index < -0.39 is 0 Å². The lowest BCUT2D eigenvalue weighted by molar-refractivity contribution is 0.627. The molecule has 0 amide bonds. The Kier molecular flexibility index (Phi) is 3.05. The van der Waals surface area contributed by atoms with Crippen molar-refractivity contribution in [2.45, 2.75) is 13.8 Å². The van der Waals surface area contributed by atoms with Crippen molar-refractivity contribution in [1.29, 1.82) is 0 Å². The fraction of sp³-hybridized carbons (Fsp3) is 0.250. The SMILES string of the molecule is C=C=C(c1ccc(F)cc1)C(C)C. The summed E-state index contributed by atoms with van der Waals surface area (Å²) in [5.41, 5.74) is 4.90. The summed E-state index contributed by atoms with van der Waals surface area (Å²) in [6.07, 6.45) is 0. The zero-order valence-corrected chi connectivity index (χ0v) is 7.97. The molecule has 0 aliphatic heterocycles. The lowest BCUT2D eigenvalue weighted by Gasteiger charge is -2.08. The smallest absolute Gasteiger partial charge is 0.123 e. The van der Waals surface area contributed by atoms with E-state index in [9.17, 15) is 4.39 Å².